The molecule has 1 N–H and O–H groups in total. The molecule has 2 heterocycles. The number of hydrogen-bond acceptors (Lipinski definition) is 3. The molecule has 3 nitrogen and oxygen atoms in total. The Kier molecular flexibility index (Phi) is 2.80. The Morgan fingerprint density at radius 3 is 2.88 bits per heavy atom. The van der Waals surface area contributed by atoms with E-state index >= 15 is 0 Å². The van der Waals surface area contributed by atoms with Crippen LogP contribution in [0, 0.1) is 6.92 Å². The molecule has 0 aromatic carbocycles. The minimum Gasteiger partial charge on any atom is -0.382 e. The number of aliphatic hydroxyl groups is 1. The lowest BCUT2D eigenvalue weighted by Gasteiger charge is -2.22. The summed E-state index contributed by atoms with van der Waals surface area (Å²) in [7, 11) is 0. The first-order valence-corrected chi connectivity index (χ1v) is 5.19. The molecule has 0 saturated carbocycles. The molecule has 0 spiro atoms. The second kappa shape index (κ2) is 3.97. The molecule has 5 heteroatoms. The molecule has 1 unspecified atom stereocenters. The summed E-state index contributed by atoms with van der Waals surface area (Å²) in [6.45, 7) is 2.28. The van der Waals surface area contributed by atoms with Gasteiger partial charge < -0.3 is 10.0 Å². The zero-order chi connectivity index (χ0) is 11.8. The Labute approximate surface area is 92.7 Å². The number of alkyl halides is 2. The molecule has 16 heavy (non-hydrogen) atoms. The topological polar surface area (TPSA) is 36.4 Å². The molecule has 0 aliphatic carbocycles. The van der Waals surface area contributed by atoms with Crippen molar-refractivity contribution >= 4 is 5.82 Å². The standard InChI is InChI=1S/C11H14F2N2O/c1-8-2-4-14-9(6-8)15-5-3-11(16,7-15)10(12)13/h2,4,6,10,16H,3,5,7H2,1H3. The summed E-state index contributed by atoms with van der Waals surface area (Å²) in [5.74, 6) is 0.650. The number of nitrogens with zero attached hydrogens (tertiary/aromatic N) is 2. The average Bonchev–Trinajstić information content (AvgIpc) is 2.62. The van der Waals surface area contributed by atoms with E-state index in [2.05, 4.69) is 4.98 Å². The second-order valence-corrected chi connectivity index (χ2v) is 4.27. The molecular weight excluding hydrogens is 214 g/mol. The molecular formula is C11H14F2N2O. The highest BCUT2D eigenvalue weighted by molar-refractivity contribution is 5.42. The van der Waals surface area contributed by atoms with Gasteiger partial charge in [0.05, 0.1) is 6.54 Å². The van der Waals surface area contributed by atoms with Gasteiger partial charge in [0.1, 0.15) is 11.4 Å². The van der Waals surface area contributed by atoms with Gasteiger partial charge in [0.25, 0.3) is 6.43 Å². The van der Waals surface area contributed by atoms with E-state index in [1.807, 2.05) is 19.1 Å². The third-order valence-electron chi connectivity index (χ3n) is 2.91. The summed E-state index contributed by atoms with van der Waals surface area (Å²) in [6.07, 6.45) is -0.979. The van der Waals surface area contributed by atoms with Gasteiger partial charge in [-0.25, -0.2) is 13.8 Å². The minimum atomic E-state index is -2.71. The number of aromatic nitrogens is 1. The second-order valence-electron chi connectivity index (χ2n) is 4.27. The summed E-state index contributed by atoms with van der Waals surface area (Å²) < 4.78 is 25.2. The molecule has 1 atom stereocenters. The van der Waals surface area contributed by atoms with Crippen molar-refractivity contribution in [2.75, 3.05) is 18.0 Å². The maximum atomic E-state index is 12.6. The summed E-state index contributed by atoms with van der Waals surface area (Å²) in [5, 5.41) is 9.65. The molecule has 0 amide bonds. The van der Waals surface area contributed by atoms with Crippen LogP contribution in [0.2, 0.25) is 0 Å². The molecule has 1 saturated heterocycles. The zero-order valence-electron chi connectivity index (χ0n) is 9.03. The van der Waals surface area contributed by atoms with Gasteiger partial charge in [-0.2, -0.15) is 0 Å². The largest absolute Gasteiger partial charge is 0.382 e. The van der Waals surface area contributed by atoms with Crippen LogP contribution >= 0.6 is 0 Å². The van der Waals surface area contributed by atoms with Crippen molar-refractivity contribution in [1.29, 1.82) is 0 Å². The fourth-order valence-electron chi connectivity index (χ4n) is 1.88. The van der Waals surface area contributed by atoms with Crippen molar-refractivity contribution < 1.29 is 13.9 Å². The highest BCUT2D eigenvalue weighted by Gasteiger charge is 2.44. The number of aryl methyl sites for hydroxylation is 1. The zero-order valence-corrected chi connectivity index (χ0v) is 9.03. The van der Waals surface area contributed by atoms with Crippen LogP contribution in [0.3, 0.4) is 0 Å². The van der Waals surface area contributed by atoms with Crippen LogP contribution in [0.4, 0.5) is 14.6 Å². The summed E-state index contributed by atoms with van der Waals surface area (Å²) in [4.78, 5) is 5.81. The number of β-amino-alcohol motifs (C(OH)–C–C–N with tert-alkyl or cyclic N) is 1. The van der Waals surface area contributed by atoms with E-state index in [1.54, 1.807) is 11.1 Å². The van der Waals surface area contributed by atoms with Gasteiger partial charge in [-0.05, 0) is 24.6 Å². The van der Waals surface area contributed by atoms with Crippen molar-refractivity contribution in [2.24, 2.45) is 0 Å². The van der Waals surface area contributed by atoms with Gasteiger partial charge in [0.15, 0.2) is 0 Å². The van der Waals surface area contributed by atoms with E-state index in [4.69, 9.17) is 0 Å². The summed E-state index contributed by atoms with van der Waals surface area (Å²) in [5.41, 5.74) is -0.858. The SMILES string of the molecule is Cc1ccnc(N2CCC(O)(C(F)F)C2)c1. The van der Waals surface area contributed by atoms with Crippen molar-refractivity contribution in [2.45, 2.75) is 25.4 Å². The van der Waals surface area contributed by atoms with Crippen molar-refractivity contribution in [1.82, 2.24) is 4.98 Å². The van der Waals surface area contributed by atoms with Crippen LogP contribution in [0.25, 0.3) is 0 Å². The Morgan fingerprint density at radius 1 is 1.56 bits per heavy atom. The lowest BCUT2D eigenvalue weighted by atomic mass is 10.1. The van der Waals surface area contributed by atoms with Crippen LogP contribution in [-0.2, 0) is 0 Å². The van der Waals surface area contributed by atoms with Crippen LogP contribution in [0.5, 0.6) is 0 Å². The van der Waals surface area contributed by atoms with Gasteiger partial charge in [0.2, 0.25) is 0 Å². The van der Waals surface area contributed by atoms with Crippen LogP contribution in [0.1, 0.15) is 12.0 Å². The van der Waals surface area contributed by atoms with E-state index in [9.17, 15) is 13.9 Å². The van der Waals surface area contributed by atoms with E-state index in [0.717, 1.165) is 5.56 Å². The predicted octanol–water partition coefficient (Wildman–Crippen LogP) is 1.60. The van der Waals surface area contributed by atoms with Gasteiger partial charge in [-0.3, -0.25) is 0 Å². The van der Waals surface area contributed by atoms with Gasteiger partial charge >= 0.3 is 0 Å². The molecule has 1 aromatic rings. The number of hydrogen-bond donors (Lipinski definition) is 1. The highest BCUT2D eigenvalue weighted by atomic mass is 19.3. The Balaban J connectivity index is 2.15. The smallest absolute Gasteiger partial charge is 0.268 e. The molecule has 1 fully saturated rings. The van der Waals surface area contributed by atoms with E-state index < -0.39 is 12.0 Å². The Hall–Kier alpha value is -1.23. The quantitative estimate of drug-likeness (QED) is 0.835. The van der Waals surface area contributed by atoms with Gasteiger partial charge in [-0.15, -0.1) is 0 Å². The Bertz CT molecular complexity index is 386. The van der Waals surface area contributed by atoms with E-state index in [0.29, 0.717) is 12.4 Å². The van der Waals surface area contributed by atoms with Crippen molar-refractivity contribution in [3.8, 4) is 0 Å². The monoisotopic (exact) mass is 228 g/mol. The van der Waals surface area contributed by atoms with Gasteiger partial charge in [-0.1, -0.05) is 0 Å². The maximum Gasteiger partial charge on any atom is 0.268 e. The fraction of sp³-hybridized carbons (Fsp3) is 0.545. The third-order valence-corrected chi connectivity index (χ3v) is 2.91. The molecule has 0 radical (unpaired) electrons. The fourth-order valence-corrected chi connectivity index (χ4v) is 1.88. The summed E-state index contributed by atoms with van der Waals surface area (Å²) >= 11 is 0. The third kappa shape index (κ3) is 2.00. The lowest BCUT2D eigenvalue weighted by Crippen LogP contribution is -2.40. The molecule has 0 bridgehead atoms. The van der Waals surface area contributed by atoms with Crippen LogP contribution in [-0.4, -0.2) is 35.2 Å². The number of halogens is 2. The lowest BCUT2D eigenvalue weighted by molar-refractivity contribution is -0.0800. The first kappa shape index (κ1) is 11.3. The summed E-state index contributed by atoms with van der Waals surface area (Å²) in [6, 6.07) is 3.68. The first-order valence-electron chi connectivity index (χ1n) is 5.19. The van der Waals surface area contributed by atoms with Crippen LogP contribution in [0.15, 0.2) is 18.3 Å². The number of anilines is 1. The number of rotatable bonds is 2. The molecule has 1 aliphatic heterocycles. The maximum absolute atomic E-state index is 12.6. The van der Waals surface area contributed by atoms with E-state index in [1.165, 1.54) is 0 Å². The average molecular weight is 228 g/mol. The van der Waals surface area contributed by atoms with Crippen molar-refractivity contribution in [3.63, 3.8) is 0 Å². The van der Waals surface area contributed by atoms with Gasteiger partial charge in [0, 0.05) is 19.2 Å². The highest BCUT2D eigenvalue weighted by Crippen LogP contribution is 2.30. The predicted molar refractivity (Wildman–Crippen MR) is 56.8 cm³/mol. The minimum absolute atomic E-state index is 0.0544. The van der Waals surface area contributed by atoms with Crippen LogP contribution < -0.4 is 4.90 Å². The molecule has 1 aromatic heterocycles. The number of pyridine rings is 1. The normalized spacial score (nSPS) is 25.4. The Morgan fingerprint density at radius 2 is 2.31 bits per heavy atom. The molecule has 2 rings (SSSR count). The van der Waals surface area contributed by atoms with Crippen molar-refractivity contribution in [3.05, 3.63) is 23.9 Å². The van der Waals surface area contributed by atoms with E-state index in [-0.39, 0.29) is 13.0 Å². The molecule has 88 valence electrons. The first-order chi connectivity index (χ1) is 7.51. The molecule has 1 aliphatic rings.